The molecule has 1 aromatic heterocycles. The van der Waals surface area contributed by atoms with Gasteiger partial charge in [0.2, 0.25) is 12.2 Å². The molecule has 0 aliphatic heterocycles. The summed E-state index contributed by atoms with van der Waals surface area (Å²) < 4.78 is 54.6. The summed E-state index contributed by atoms with van der Waals surface area (Å²) in [5.41, 5.74) is -1.16. The average Bonchev–Trinajstić information content (AvgIpc) is 2.64. The molecule has 0 aliphatic carbocycles. The fraction of sp³-hybridized carbons (Fsp3) is 0.400. The van der Waals surface area contributed by atoms with E-state index in [4.69, 9.17) is 25.8 Å². The van der Waals surface area contributed by atoms with Gasteiger partial charge in [0.1, 0.15) is 23.1 Å². The summed E-state index contributed by atoms with van der Waals surface area (Å²) in [6.45, 7) is 4.08. The number of hydrogen-bond donors (Lipinski definition) is 0. The Hall–Kier alpha value is -2.32. The maximum atomic E-state index is 12.8. The first kappa shape index (κ1) is 23.0. The van der Waals surface area contributed by atoms with Crippen molar-refractivity contribution in [3.63, 3.8) is 0 Å². The molecule has 1 radical (unpaired) electrons. The molecule has 2 rings (SSSR count). The summed E-state index contributed by atoms with van der Waals surface area (Å²) in [7, 11) is 1.54. The average molecular weight is 431 g/mol. The van der Waals surface area contributed by atoms with Crippen molar-refractivity contribution >= 4 is 17.9 Å². The zero-order valence-electron chi connectivity index (χ0n) is 16.1. The van der Waals surface area contributed by atoms with E-state index in [2.05, 4.69) is 4.98 Å². The van der Waals surface area contributed by atoms with E-state index in [0.29, 0.717) is 30.7 Å². The van der Waals surface area contributed by atoms with Gasteiger partial charge in [0, 0.05) is 24.8 Å². The molecule has 0 N–H and O–H groups in total. The van der Waals surface area contributed by atoms with E-state index in [1.54, 1.807) is 32.0 Å². The molecular weight excluding hydrogens is 411 g/mol. The van der Waals surface area contributed by atoms with Crippen molar-refractivity contribution in [1.29, 1.82) is 0 Å². The zero-order valence-corrected chi connectivity index (χ0v) is 16.9. The highest BCUT2D eigenvalue weighted by Gasteiger charge is 2.32. The van der Waals surface area contributed by atoms with Crippen LogP contribution in [0, 0.1) is 5.41 Å². The van der Waals surface area contributed by atoms with Crippen molar-refractivity contribution in [2.24, 2.45) is 5.41 Å². The van der Waals surface area contributed by atoms with Crippen LogP contribution in [0.2, 0.25) is 5.02 Å². The lowest BCUT2D eigenvalue weighted by Gasteiger charge is -2.19. The molecular formula is C20H20ClF3NO4. The largest absolute Gasteiger partial charge is 0.491 e. The van der Waals surface area contributed by atoms with Gasteiger partial charge in [0.25, 0.3) is 0 Å². The van der Waals surface area contributed by atoms with Crippen molar-refractivity contribution in [3.8, 4) is 17.4 Å². The molecule has 0 spiro atoms. The van der Waals surface area contributed by atoms with E-state index < -0.39 is 17.2 Å². The number of alkyl halides is 3. The van der Waals surface area contributed by atoms with Crippen LogP contribution in [0.1, 0.15) is 25.0 Å². The normalized spacial score (nSPS) is 12.0. The van der Waals surface area contributed by atoms with Gasteiger partial charge in [-0.15, -0.1) is 0 Å². The number of methoxy groups -OCH3 is 1. The minimum atomic E-state index is -4.57. The highest BCUT2D eigenvalue weighted by molar-refractivity contribution is 6.31. The van der Waals surface area contributed by atoms with Crippen LogP contribution < -0.4 is 9.47 Å². The molecule has 1 aromatic carbocycles. The Balaban J connectivity index is 2.36. The van der Waals surface area contributed by atoms with E-state index in [1.807, 2.05) is 6.29 Å². The molecule has 0 bridgehead atoms. The molecule has 0 atom stereocenters. The fourth-order valence-electron chi connectivity index (χ4n) is 2.38. The molecule has 157 valence electrons. The van der Waals surface area contributed by atoms with Gasteiger partial charge in [0.15, 0.2) is 0 Å². The standard InChI is InChI=1S/C20H20ClF3NO4/c1-19(2,12-26)10-13-4-5-15(28-7-6-27-3)9-17(13)29-18-16(21)8-14(11-25-18)20(22,23)24/h4-5,8-9,11H,6-7,10H2,1-3H3. The number of hydrogen-bond acceptors (Lipinski definition) is 5. The van der Waals surface area contributed by atoms with E-state index in [9.17, 15) is 18.0 Å². The number of halogens is 4. The summed E-state index contributed by atoms with van der Waals surface area (Å²) in [5, 5.41) is -0.294. The van der Waals surface area contributed by atoms with Crippen LogP contribution in [0.4, 0.5) is 13.2 Å². The summed E-state index contributed by atoms with van der Waals surface area (Å²) in [4.78, 5) is 14.9. The van der Waals surface area contributed by atoms with E-state index in [1.165, 1.54) is 7.11 Å². The molecule has 5 nitrogen and oxygen atoms in total. The molecule has 9 heteroatoms. The molecule has 0 saturated carbocycles. The Morgan fingerprint density at radius 1 is 1.17 bits per heavy atom. The second kappa shape index (κ2) is 9.45. The van der Waals surface area contributed by atoms with Crippen LogP contribution in [0.15, 0.2) is 30.5 Å². The van der Waals surface area contributed by atoms with Crippen LogP contribution >= 0.6 is 11.6 Å². The number of rotatable bonds is 9. The van der Waals surface area contributed by atoms with Crippen molar-refractivity contribution in [2.45, 2.75) is 26.4 Å². The number of ether oxygens (including phenoxy) is 3. The highest BCUT2D eigenvalue weighted by atomic mass is 35.5. The molecule has 29 heavy (non-hydrogen) atoms. The minimum absolute atomic E-state index is 0.192. The molecule has 0 fully saturated rings. The van der Waals surface area contributed by atoms with Gasteiger partial charge >= 0.3 is 6.18 Å². The maximum Gasteiger partial charge on any atom is 0.417 e. The van der Waals surface area contributed by atoms with Gasteiger partial charge in [-0.25, -0.2) is 4.98 Å². The first-order valence-corrected chi connectivity index (χ1v) is 8.98. The minimum Gasteiger partial charge on any atom is -0.491 e. The first-order valence-electron chi connectivity index (χ1n) is 8.60. The molecule has 1 heterocycles. The third-order valence-corrected chi connectivity index (χ3v) is 4.12. The van der Waals surface area contributed by atoms with Crippen LogP contribution in [0.5, 0.6) is 17.4 Å². The molecule has 0 saturated heterocycles. The third-order valence-electron chi connectivity index (χ3n) is 3.84. The van der Waals surface area contributed by atoms with Gasteiger partial charge in [-0.3, -0.25) is 4.79 Å². The summed E-state index contributed by atoms with van der Waals surface area (Å²) in [5.74, 6) is 0.525. The Morgan fingerprint density at radius 2 is 1.90 bits per heavy atom. The fourth-order valence-corrected chi connectivity index (χ4v) is 2.59. The Labute approximate surface area is 171 Å². The van der Waals surface area contributed by atoms with Crippen molar-refractivity contribution in [2.75, 3.05) is 20.3 Å². The lowest BCUT2D eigenvalue weighted by molar-refractivity contribution is -0.137. The first-order chi connectivity index (χ1) is 13.6. The van der Waals surface area contributed by atoms with E-state index in [-0.39, 0.29) is 23.1 Å². The maximum absolute atomic E-state index is 12.8. The number of benzene rings is 1. The summed E-state index contributed by atoms with van der Waals surface area (Å²) in [6.07, 6.45) is -1.70. The van der Waals surface area contributed by atoms with Gasteiger partial charge in [-0.1, -0.05) is 31.5 Å². The number of pyridine rings is 1. The smallest absolute Gasteiger partial charge is 0.417 e. The second-order valence-electron chi connectivity index (χ2n) is 6.88. The number of carbonyl (C=O) groups excluding carboxylic acids is 1. The Bertz CT molecular complexity index is 856. The van der Waals surface area contributed by atoms with Crippen molar-refractivity contribution in [3.05, 3.63) is 46.6 Å². The summed E-state index contributed by atoms with van der Waals surface area (Å²) in [6, 6.07) is 5.70. The van der Waals surface area contributed by atoms with Crippen LogP contribution in [-0.2, 0) is 22.1 Å². The van der Waals surface area contributed by atoms with Gasteiger partial charge in [0.05, 0.1) is 12.2 Å². The zero-order chi connectivity index (χ0) is 21.7. The monoisotopic (exact) mass is 430 g/mol. The van der Waals surface area contributed by atoms with Crippen LogP contribution in [0.3, 0.4) is 0 Å². The third kappa shape index (κ3) is 6.61. The molecule has 0 aliphatic rings. The number of aromatic nitrogens is 1. The lowest BCUT2D eigenvalue weighted by Crippen LogP contribution is -2.17. The summed E-state index contributed by atoms with van der Waals surface area (Å²) >= 11 is 5.94. The van der Waals surface area contributed by atoms with Crippen molar-refractivity contribution < 1.29 is 32.2 Å². The highest BCUT2D eigenvalue weighted by Crippen LogP contribution is 2.37. The topological polar surface area (TPSA) is 57.7 Å². The Morgan fingerprint density at radius 3 is 2.48 bits per heavy atom. The van der Waals surface area contributed by atoms with Gasteiger partial charge in [-0.2, -0.15) is 13.2 Å². The second-order valence-corrected chi connectivity index (χ2v) is 7.29. The molecule has 0 unspecified atom stereocenters. The Kier molecular flexibility index (Phi) is 7.48. The predicted molar refractivity (Wildman–Crippen MR) is 101 cm³/mol. The van der Waals surface area contributed by atoms with Crippen LogP contribution in [0.25, 0.3) is 0 Å². The van der Waals surface area contributed by atoms with Gasteiger partial charge in [-0.05, 0) is 24.1 Å². The predicted octanol–water partition coefficient (Wildman–Crippen LogP) is 5.25. The number of nitrogens with zero attached hydrogens (tertiary/aromatic N) is 1. The van der Waals surface area contributed by atoms with Crippen LogP contribution in [-0.4, -0.2) is 31.6 Å². The van der Waals surface area contributed by atoms with E-state index in [0.717, 1.165) is 6.07 Å². The van der Waals surface area contributed by atoms with Gasteiger partial charge < -0.3 is 14.2 Å². The lowest BCUT2D eigenvalue weighted by atomic mass is 9.87. The molecule has 2 aromatic rings. The van der Waals surface area contributed by atoms with E-state index >= 15 is 0 Å². The SMILES string of the molecule is COCCOc1ccc(CC(C)(C)[C]=O)c(Oc2ncc(C(F)(F)F)cc2Cl)c1. The molecule has 0 amide bonds. The quantitative estimate of drug-likeness (QED) is 0.508. The van der Waals surface area contributed by atoms with Crippen molar-refractivity contribution in [1.82, 2.24) is 4.98 Å².